The fraction of sp³-hybridized carbons (Fsp3) is 0.400. The molecule has 1 aliphatic heterocycles. The van der Waals surface area contributed by atoms with Crippen LogP contribution in [-0.4, -0.2) is 53.9 Å². The number of aliphatic carboxylic acids is 2. The van der Waals surface area contributed by atoms with Gasteiger partial charge in [0.1, 0.15) is 0 Å². The lowest BCUT2D eigenvalue weighted by Crippen LogP contribution is -2.33. The van der Waals surface area contributed by atoms with Crippen LogP contribution >= 0.6 is 0 Å². The van der Waals surface area contributed by atoms with E-state index in [-0.39, 0.29) is 0 Å². The SMILES string of the molecule is CCc1ccc(Oc2nc(C)ccc2OC[C@H]2CCCNC2)c(OC)c1.O=C(O)/C=C/C(=O)O. The molecule has 0 bridgehead atoms. The third kappa shape index (κ3) is 9.11. The first-order chi connectivity index (χ1) is 16.3. The Balaban J connectivity index is 0.000000440. The molecular weight excluding hydrogens is 440 g/mol. The van der Waals surface area contributed by atoms with Gasteiger partial charge in [-0.25, -0.2) is 14.6 Å². The Bertz CT molecular complexity index is 969. The molecule has 2 heterocycles. The molecule has 0 unspecified atom stereocenters. The molecule has 2 aromatic rings. The number of ether oxygens (including phenoxy) is 3. The highest BCUT2D eigenvalue weighted by atomic mass is 16.5. The normalized spacial score (nSPS) is 15.2. The quantitative estimate of drug-likeness (QED) is 0.466. The summed E-state index contributed by atoms with van der Waals surface area (Å²) in [7, 11) is 1.65. The molecule has 1 aromatic heterocycles. The molecule has 1 aromatic carbocycles. The number of nitrogens with zero attached hydrogens (tertiary/aromatic N) is 1. The molecule has 1 fully saturated rings. The van der Waals surface area contributed by atoms with Gasteiger partial charge in [0, 0.05) is 30.3 Å². The molecule has 9 nitrogen and oxygen atoms in total. The highest BCUT2D eigenvalue weighted by molar-refractivity contribution is 5.89. The molecule has 1 aliphatic rings. The molecule has 0 saturated carbocycles. The summed E-state index contributed by atoms with van der Waals surface area (Å²) in [6.07, 6.45) is 4.45. The van der Waals surface area contributed by atoms with Crippen molar-refractivity contribution in [1.82, 2.24) is 10.3 Å². The van der Waals surface area contributed by atoms with E-state index in [4.69, 9.17) is 24.4 Å². The highest BCUT2D eigenvalue weighted by Crippen LogP contribution is 2.36. The molecule has 0 radical (unpaired) electrons. The van der Waals surface area contributed by atoms with Crippen LogP contribution in [0.1, 0.15) is 31.0 Å². The van der Waals surface area contributed by atoms with Crippen LogP contribution in [0.25, 0.3) is 0 Å². The zero-order valence-electron chi connectivity index (χ0n) is 19.7. The number of hydrogen-bond donors (Lipinski definition) is 3. The number of rotatable bonds is 9. The first-order valence-electron chi connectivity index (χ1n) is 11.1. The molecule has 184 valence electrons. The van der Waals surface area contributed by atoms with Crippen molar-refractivity contribution in [2.45, 2.75) is 33.1 Å². The Hall–Kier alpha value is -3.59. The van der Waals surface area contributed by atoms with Crippen molar-refractivity contribution in [3.05, 3.63) is 53.7 Å². The maximum atomic E-state index is 9.55. The minimum absolute atomic E-state index is 0.483. The number of methoxy groups -OCH3 is 1. The van der Waals surface area contributed by atoms with E-state index in [2.05, 4.69) is 17.2 Å². The van der Waals surface area contributed by atoms with E-state index in [1.807, 2.05) is 37.3 Å². The van der Waals surface area contributed by atoms with Gasteiger partial charge < -0.3 is 29.7 Å². The third-order valence-corrected chi connectivity index (χ3v) is 5.05. The van der Waals surface area contributed by atoms with Gasteiger partial charge in [0.15, 0.2) is 17.2 Å². The maximum Gasteiger partial charge on any atom is 0.328 e. The van der Waals surface area contributed by atoms with Crippen molar-refractivity contribution in [2.75, 3.05) is 26.8 Å². The number of hydrogen-bond acceptors (Lipinski definition) is 7. The number of nitrogens with one attached hydrogen (secondary N) is 1. The van der Waals surface area contributed by atoms with Crippen molar-refractivity contribution in [3.8, 4) is 23.1 Å². The van der Waals surface area contributed by atoms with Crippen molar-refractivity contribution in [3.63, 3.8) is 0 Å². The standard InChI is InChI=1S/C21H28N2O3.C4H4O4/c1-4-16-8-10-18(20(12-16)24-3)26-21-19(9-7-15(2)23-21)25-14-17-6-5-11-22-13-17;5-3(6)1-2-4(7)8/h7-10,12,17,22H,4-6,11,13-14H2,1-3H3;1-2H,(H,5,6)(H,7,8)/b;2-1+/t17-;/m0./s1. The summed E-state index contributed by atoms with van der Waals surface area (Å²) in [5.74, 6) is 0.511. The van der Waals surface area contributed by atoms with Gasteiger partial charge in [-0.1, -0.05) is 13.0 Å². The molecule has 34 heavy (non-hydrogen) atoms. The van der Waals surface area contributed by atoms with E-state index >= 15 is 0 Å². The van der Waals surface area contributed by atoms with E-state index in [9.17, 15) is 9.59 Å². The Morgan fingerprint density at radius 1 is 1.12 bits per heavy atom. The predicted octanol–water partition coefficient (Wildman–Crippen LogP) is 3.84. The van der Waals surface area contributed by atoms with Gasteiger partial charge in [0.05, 0.1) is 13.7 Å². The lowest BCUT2D eigenvalue weighted by molar-refractivity contribution is -0.134. The second-order valence-electron chi connectivity index (χ2n) is 7.73. The van der Waals surface area contributed by atoms with Crippen molar-refractivity contribution < 1.29 is 34.0 Å². The monoisotopic (exact) mass is 472 g/mol. The van der Waals surface area contributed by atoms with E-state index < -0.39 is 11.9 Å². The van der Waals surface area contributed by atoms with Gasteiger partial charge in [0.2, 0.25) is 0 Å². The summed E-state index contributed by atoms with van der Waals surface area (Å²) in [4.78, 5) is 23.6. The Kier molecular flexibility index (Phi) is 10.9. The van der Waals surface area contributed by atoms with Crippen LogP contribution in [0.4, 0.5) is 0 Å². The molecule has 1 saturated heterocycles. The van der Waals surface area contributed by atoms with Crippen LogP contribution in [-0.2, 0) is 16.0 Å². The van der Waals surface area contributed by atoms with Crippen LogP contribution < -0.4 is 19.5 Å². The third-order valence-electron chi connectivity index (χ3n) is 5.05. The fourth-order valence-electron chi connectivity index (χ4n) is 3.24. The van der Waals surface area contributed by atoms with E-state index in [1.54, 1.807) is 7.11 Å². The van der Waals surface area contributed by atoms with Crippen molar-refractivity contribution in [1.29, 1.82) is 0 Å². The van der Waals surface area contributed by atoms with Gasteiger partial charge >= 0.3 is 11.9 Å². The number of pyridine rings is 1. The van der Waals surface area contributed by atoms with Gasteiger partial charge in [-0.15, -0.1) is 0 Å². The average molecular weight is 473 g/mol. The summed E-state index contributed by atoms with van der Waals surface area (Å²) in [6, 6.07) is 9.84. The lowest BCUT2D eigenvalue weighted by atomic mass is 10.0. The van der Waals surface area contributed by atoms with Crippen LogP contribution in [0.3, 0.4) is 0 Å². The summed E-state index contributed by atoms with van der Waals surface area (Å²) in [6.45, 7) is 6.83. The minimum atomic E-state index is -1.26. The second kappa shape index (κ2) is 13.8. The summed E-state index contributed by atoms with van der Waals surface area (Å²) in [5, 5.41) is 19.0. The molecular formula is C25H32N2O7. The minimum Gasteiger partial charge on any atom is -0.493 e. The largest absolute Gasteiger partial charge is 0.493 e. The topological polar surface area (TPSA) is 127 Å². The molecule has 3 N–H and O–H groups in total. The molecule has 0 amide bonds. The Morgan fingerprint density at radius 3 is 2.41 bits per heavy atom. The molecule has 0 aliphatic carbocycles. The molecule has 9 heteroatoms. The predicted molar refractivity (Wildman–Crippen MR) is 127 cm³/mol. The zero-order valence-corrected chi connectivity index (χ0v) is 19.7. The highest BCUT2D eigenvalue weighted by Gasteiger charge is 2.17. The van der Waals surface area contributed by atoms with Crippen LogP contribution in [0, 0.1) is 12.8 Å². The molecule has 1 atom stereocenters. The van der Waals surface area contributed by atoms with Gasteiger partial charge in [-0.3, -0.25) is 0 Å². The van der Waals surface area contributed by atoms with Gasteiger partial charge in [0.25, 0.3) is 5.88 Å². The first kappa shape index (κ1) is 26.7. The molecule has 3 rings (SSSR count). The molecule has 0 spiro atoms. The number of carboxylic acid groups (broad SMARTS) is 2. The van der Waals surface area contributed by atoms with E-state index in [1.165, 1.54) is 18.4 Å². The number of aromatic nitrogens is 1. The number of piperidine rings is 1. The second-order valence-corrected chi connectivity index (χ2v) is 7.73. The smallest absolute Gasteiger partial charge is 0.328 e. The number of carbonyl (C=O) groups is 2. The van der Waals surface area contributed by atoms with E-state index in [0.717, 1.165) is 25.2 Å². The Labute approximate surface area is 199 Å². The first-order valence-corrected chi connectivity index (χ1v) is 11.1. The van der Waals surface area contributed by atoms with Crippen LogP contribution in [0.15, 0.2) is 42.5 Å². The number of aryl methyl sites for hydroxylation is 2. The van der Waals surface area contributed by atoms with Crippen molar-refractivity contribution >= 4 is 11.9 Å². The summed E-state index contributed by atoms with van der Waals surface area (Å²) >= 11 is 0. The maximum absolute atomic E-state index is 9.55. The summed E-state index contributed by atoms with van der Waals surface area (Å²) in [5.41, 5.74) is 2.09. The number of benzene rings is 1. The Morgan fingerprint density at radius 2 is 1.82 bits per heavy atom. The van der Waals surface area contributed by atoms with Crippen LogP contribution in [0.5, 0.6) is 23.1 Å². The lowest BCUT2D eigenvalue weighted by Gasteiger charge is -2.23. The number of carboxylic acids is 2. The van der Waals surface area contributed by atoms with E-state index in [0.29, 0.717) is 47.8 Å². The van der Waals surface area contributed by atoms with Gasteiger partial charge in [-0.05, 0) is 62.6 Å². The van der Waals surface area contributed by atoms with Gasteiger partial charge in [-0.2, -0.15) is 0 Å². The van der Waals surface area contributed by atoms with Crippen molar-refractivity contribution in [2.24, 2.45) is 5.92 Å². The average Bonchev–Trinajstić information content (AvgIpc) is 2.83. The zero-order chi connectivity index (χ0) is 24.9. The fourth-order valence-corrected chi connectivity index (χ4v) is 3.24. The van der Waals surface area contributed by atoms with Crippen LogP contribution in [0.2, 0.25) is 0 Å². The summed E-state index contributed by atoms with van der Waals surface area (Å²) < 4.78 is 17.6.